The van der Waals surface area contributed by atoms with Gasteiger partial charge in [0.2, 0.25) is 5.91 Å². The van der Waals surface area contributed by atoms with Gasteiger partial charge in [-0.2, -0.15) is 0 Å². The average molecular weight is 437 g/mol. The molecule has 0 bridgehead atoms. The van der Waals surface area contributed by atoms with E-state index in [0.717, 1.165) is 42.4 Å². The largest absolute Gasteiger partial charge is 0.353 e. The lowest BCUT2D eigenvalue weighted by Crippen LogP contribution is -2.36. The molecule has 1 unspecified atom stereocenters. The van der Waals surface area contributed by atoms with Gasteiger partial charge in [0.25, 0.3) is 5.56 Å². The second-order valence-corrected chi connectivity index (χ2v) is 10.7. The van der Waals surface area contributed by atoms with Crippen molar-refractivity contribution in [3.8, 4) is 0 Å². The van der Waals surface area contributed by atoms with Crippen molar-refractivity contribution in [2.75, 3.05) is 20.6 Å². The molecular formula is C21H32N4O2S2. The molecule has 2 heterocycles. The number of hydrogen-bond donors (Lipinski definition) is 1. The standard InChI is InChI=1S/C21H32N4O2S2/c1-13(2)22-18(26)14(3)28-21-23-19-17(15-9-6-7-10-16(15)29-19)20(27)25(21)12-8-11-24(4)5/h13-14H,6-12H2,1-5H3,(H,22,26). The minimum atomic E-state index is -0.309. The van der Waals surface area contributed by atoms with Gasteiger partial charge < -0.3 is 10.2 Å². The minimum absolute atomic E-state index is 0.0235. The van der Waals surface area contributed by atoms with E-state index in [4.69, 9.17) is 4.98 Å². The number of fused-ring (bicyclic) bond motifs is 3. The molecule has 29 heavy (non-hydrogen) atoms. The lowest BCUT2D eigenvalue weighted by molar-refractivity contribution is -0.120. The first-order chi connectivity index (χ1) is 13.8. The van der Waals surface area contributed by atoms with Gasteiger partial charge in [0.05, 0.1) is 10.6 Å². The Labute approximate surface area is 181 Å². The minimum Gasteiger partial charge on any atom is -0.353 e. The molecule has 1 aliphatic rings. The van der Waals surface area contributed by atoms with Crippen LogP contribution in [0.4, 0.5) is 0 Å². The van der Waals surface area contributed by atoms with E-state index in [9.17, 15) is 9.59 Å². The van der Waals surface area contributed by atoms with Crippen LogP contribution in [-0.4, -0.2) is 52.3 Å². The number of aromatic nitrogens is 2. The van der Waals surface area contributed by atoms with Crippen molar-refractivity contribution >= 4 is 39.2 Å². The Morgan fingerprint density at radius 2 is 2.00 bits per heavy atom. The van der Waals surface area contributed by atoms with Crippen LogP contribution in [0.15, 0.2) is 9.95 Å². The van der Waals surface area contributed by atoms with Gasteiger partial charge in [-0.05, 0) is 79.1 Å². The number of nitrogens with one attached hydrogen (secondary N) is 1. The molecule has 8 heteroatoms. The molecule has 2 aromatic rings. The second kappa shape index (κ2) is 9.62. The molecule has 0 aromatic carbocycles. The Morgan fingerprint density at radius 1 is 1.28 bits per heavy atom. The maximum absolute atomic E-state index is 13.5. The Hall–Kier alpha value is -1.38. The summed E-state index contributed by atoms with van der Waals surface area (Å²) in [5.74, 6) is -0.0235. The van der Waals surface area contributed by atoms with Crippen molar-refractivity contribution in [2.45, 2.75) is 75.9 Å². The summed E-state index contributed by atoms with van der Waals surface area (Å²) >= 11 is 3.05. The third-order valence-electron chi connectivity index (χ3n) is 5.11. The van der Waals surface area contributed by atoms with E-state index in [1.807, 2.05) is 34.9 Å². The monoisotopic (exact) mass is 436 g/mol. The maximum Gasteiger partial charge on any atom is 0.263 e. The van der Waals surface area contributed by atoms with Gasteiger partial charge in [0.1, 0.15) is 4.83 Å². The normalized spacial score (nSPS) is 15.1. The van der Waals surface area contributed by atoms with Gasteiger partial charge in [-0.3, -0.25) is 14.2 Å². The van der Waals surface area contributed by atoms with E-state index in [-0.39, 0.29) is 22.8 Å². The highest BCUT2D eigenvalue weighted by Gasteiger charge is 2.24. The molecule has 0 saturated heterocycles. The van der Waals surface area contributed by atoms with Crippen molar-refractivity contribution in [3.05, 3.63) is 20.8 Å². The molecule has 0 fully saturated rings. The van der Waals surface area contributed by atoms with Gasteiger partial charge in [-0.1, -0.05) is 11.8 Å². The van der Waals surface area contributed by atoms with Gasteiger partial charge in [0, 0.05) is 17.5 Å². The quantitative estimate of drug-likeness (QED) is 0.508. The third kappa shape index (κ3) is 5.22. The van der Waals surface area contributed by atoms with Gasteiger partial charge in [0.15, 0.2) is 5.16 Å². The number of thiophene rings is 1. The number of nitrogens with zero attached hydrogens (tertiary/aromatic N) is 3. The number of carbonyl (C=O) groups excluding carboxylic acids is 1. The van der Waals surface area contributed by atoms with Crippen molar-refractivity contribution < 1.29 is 4.79 Å². The van der Waals surface area contributed by atoms with Crippen LogP contribution < -0.4 is 10.9 Å². The fraction of sp³-hybridized carbons (Fsp3) is 0.667. The highest BCUT2D eigenvalue weighted by atomic mass is 32.2. The Bertz CT molecular complexity index is 933. The molecule has 2 aromatic heterocycles. The third-order valence-corrected chi connectivity index (χ3v) is 7.39. The number of rotatable bonds is 8. The zero-order valence-corrected chi connectivity index (χ0v) is 19.7. The molecule has 160 valence electrons. The SMILES string of the molecule is CC(C)NC(=O)C(C)Sc1nc2sc3c(c2c(=O)n1CCCN(C)C)CCCC3. The van der Waals surface area contributed by atoms with E-state index in [1.54, 1.807) is 15.9 Å². The predicted molar refractivity (Wildman–Crippen MR) is 122 cm³/mol. The van der Waals surface area contributed by atoms with Gasteiger partial charge in [-0.15, -0.1) is 11.3 Å². The summed E-state index contributed by atoms with van der Waals surface area (Å²) < 4.78 is 1.80. The van der Waals surface area contributed by atoms with E-state index < -0.39 is 0 Å². The number of aryl methyl sites for hydroxylation is 2. The van der Waals surface area contributed by atoms with Crippen molar-refractivity contribution in [1.29, 1.82) is 0 Å². The summed E-state index contributed by atoms with van der Waals surface area (Å²) in [7, 11) is 4.07. The van der Waals surface area contributed by atoms with Crippen LogP contribution in [0.5, 0.6) is 0 Å². The molecule has 1 atom stereocenters. The average Bonchev–Trinajstić information content (AvgIpc) is 3.01. The van der Waals surface area contributed by atoms with E-state index in [2.05, 4.69) is 10.2 Å². The summed E-state index contributed by atoms with van der Waals surface area (Å²) in [5.41, 5.74) is 1.28. The van der Waals surface area contributed by atoms with Crippen LogP contribution in [0.2, 0.25) is 0 Å². The summed E-state index contributed by atoms with van der Waals surface area (Å²) in [6.45, 7) is 7.30. The molecule has 0 saturated carbocycles. The first-order valence-electron chi connectivity index (χ1n) is 10.4. The highest BCUT2D eigenvalue weighted by molar-refractivity contribution is 8.00. The molecule has 1 aliphatic carbocycles. The fourth-order valence-electron chi connectivity index (χ4n) is 3.67. The van der Waals surface area contributed by atoms with Crippen molar-refractivity contribution in [3.63, 3.8) is 0 Å². The van der Waals surface area contributed by atoms with Gasteiger partial charge >= 0.3 is 0 Å². The molecule has 0 radical (unpaired) electrons. The summed E-state index contributed by atoms with van der Waals surface area (Å²) in [6, 6.07) is 0.0901. The first kappa shape index (κ1) is 22.3. The van der Waals surface area contributed by atoms with Crippen LogP contribution in [-0.2, 0) is 24.2 Å². The molecular weight excluding hydrogens is 404 g/mol. The number of amides is 1. The Morgan fingerprint density at radius 3 is 2.69 bits per heavy atom. The van der Waals surface area contributed by atoms with Crippen LogP contribution in [0.1, 0.15) is 50.5 Å². The van der Waals surface area contributed by atoms with E-state index in [0.29, 0.717) is 11.7 Å². The topological polar surface area (TPSA) is 67.2 Å². The zero-order valence-electron chi connectivity index (χ0n) is 18.1. The molecule has 0 spiro atoms. The van der Waals surface area contributed by atoms with E-state index in [1.165, 1.54) is 28.6 Å². The lowest BCUT2D eigenvalue weighted by Gasteiger charge is -2.18. The smallest absolute Gasteiger partial charge is 0.263 e. The Balaban J connectivity index is 1.99. The van der Waals surface area contributed by atoms with Crippen LogP contribution in [0.3, 0.4) is 0 Å². The fourth-order valence-corrected chi connectivity index (χ4v) is 5.91. The second-order valence-electron chi connectivity index (χ2n) is 8.32. The van der Waals surface area contributed by atoms with Crippen LogP contribution in [0, 0.1) is 0 Å². The lowest BCUT2D eigenvalue weighted by atomic mass is 9.97. The van der Waals surface area contributed by atoms with Crippen molar-refractivity contribution in [1.82, 2.24) is 19.8 Å². The maximum atomic E-state index is 13.5. The highest BCUT2D eigenvalue weighted by Crippen LogP contribution is 2.35. The predicted octanol–water partition coefficient (Wildman–Crippen LogP) is 3.29. The van der Waals surface area contributed by atoms with Crippen molar-refractivity contribution in [2.24, 2.45) is 0 Å². The number of hydrogen-bond acceptors (Lipinski definition) is 6. The molecule has 0 aliphatic heterocycles. The Kier molecular flexibility index (Phi) is 7.40. The van der Waals surface area contributed by atoms with Crippen LogP contribution in [0.25, 0.3) is 10.2 Å². The molecule has 6 nitrogen and oxygen atoms in total. The molecule has 3 rings (SSSR count). The first-order valence-corrected chi connectivity index (χ1v) is 12.1. The molecule has 1 amide bonds. The molecule has 1 N–H and O–H groups in total. The van der Waals surface area contributed by atoms with E-state index >= 15 is 0 Å². The van der Waals surface area contributed by atoms with Crippen LogP contribution >= 0.6 is 23.1 Å². The van der Waals surface area contributed by atoms with Gasteiger partial charge in [-0.25, -0.2) is 4.98 Å². The summed E-state index contributed by atoms with van der Waals surface area (Å²) in [6.07, 6.45) is 5.22. The zero-order chi connectivity index (χ0) is 21.1. The number of carbonyl (C=O) groups is 1. The number of thioether (sulfide) groups is 1. The summed E-state index contributed by atoms with van der Waals surface area (Å²) in [4.78, 5) is 35.1. The summed E-state index contributed by atoms with van der Waals surface area (Å²) in [5, 5.41) is 4.12.